The molecule has 1 aromatic rings. The molecule has 0 spiro atoms. The maximum absolute atomic E-state index is 12.1. The number of ether oxygens (including phenoxy) is 1. The van der Waals surface area contributed by atoms with Crippen molar-refractivity contribution in [2.75, 3.05) is 5.32 Å². The van der Waals surface area contributed by atoms with Gasteiger partial charge in [0.15, 0.2) is 0 Å². The molecule has 0 aliphatic heterocycles. The Morgan fingerprint density at radius 1 is 1.12 bits per heavy atom. The summed E-state index contributed by atoms with van der Waals surface area (Å²) in [5.41, 5.74) is 1.22. The van der Waals surface area contributed by atoms with E-state index in [-0.39, 0.29) is 17.6 Å². The van der Waals surface area contributed by atoms with Gasteiger partial charge in [0, 0.05) is 11.2 Å². The van der Waals surface area contributed by atoms with E-state index >= 15 is 0 Å². The first-order valence-corrected chi connectivity index (χ1v) is 8.15. The highest BCUT2D eigenvalue weighted by Crippen LogP contribution is 2.22. The largest absolute Gasteiger partial charge is 0.491 e. The van der Waals surface area contributed by atoms with Crippen LogP contribution in [0.15, 0.2) is 18.2 Å². The molecule has 0 saturated heterocycles. The van der Waals surface area contributed by atoms with Crippen LogP contribution >= 0.6 is 0 Å². The molecule has 0 fully saturated rings. The predicted octanol–water partition coefficient (Wildman–Crippen LogP) is 3.21. The van der Waals surface area contributed by atoms with E-state index in [1.807, 2.05) is 47.6 Å². The number of urea groups is 1. The second-order valence-electron chi connectivity index (χ2n) is 7.20. The average Bonchev–Trinajstić information content (AvgIpc) is 2.39. The number of anilines is 1. The van der Waals surface area contributed by atoms with E-state index < -0.39 is 12.1 Å². The topological polar surface area (TPSA) is 79.5 Å². The highest BCUT2D eigenvalue weighted by molar-refractivity contribution is 5.94. The van der Waals surface area contributed by atoms with Crippen LogP contribution in [0.5, 0.6) is 5.75 Å². The molecule has 0 aliphatic carbocycles. The molecule has 0 saturated carbocycles. The molecule has 6 heteroatoms. The van der Waals surface area contributed by atoms with E-state index in [1.165, 1.54) is 0 Å². The number of hydrogen-bond donors (Lipinski definition) is 3. The Morgan fingerprint density at radius 3 is 2.25 bits per heavy atom. The lowest BCUT2D eigenvalue weighted by Gasteiger charge is -2.23. The van der Waals surface area contributed by atoms with Crippen molar-refractivity contribution in [1.29, 1.82) is 0 Å². The van der Waals surface area contributed by atoms with E-state index in [4.69, 9.17) is 4.74 Å². The van der Waals surface area contributed by atoms with Crippen LogP contribution in [0.25, 0.3) is 0 Å². The number of benzene rings is 1. The van der Waals surface area contributed by atoms with Crippen molar-refractivity contribution >= 4 is 17.6 Å². The summed E-state index contributed by atoms with van der Waals surface area (Å²) in [6.45, 7) is 13.1. The molecule has 0 radical (unpaired) electrons. The smallest absolute Gasteiger partial charge is 0.319 e. The van der Waals surface area contributed by atoms with E-state index in [1.54, 1.807) is 19.1 Å². The van der Waals surface area contributed by atoms with Gasteiger partial charge in [-0.05, 0) is 72.2 Å². The standard InChI is InChI=1S/C18H29N3O3/c1-11(2)24-14-8-9-15(12(3)10-14)20-17(23)19-13(4)16(22)21-18(5,6)7/h8-11,13H,1-7H3,(H,21,22)(H2,19,20,23). The Labute approximate surface area is 144 Å². The van der Waals surface area contributed by atoms with Gasteiger partial charge in [0.1, 0.15) is 11.8 Å². The third kappa shape index (κ3) is 6.89. The Kier molecular flexibility index (Phi) is 6.63. The molecule has 0 heterocycles. The Bertz CT molecular complexity index is 592. The van der Waals surface area contributed by atoms with Crippen molar-refractivity contribution in [3.05, 3.63) is 23.8 Å². The van der Waals surface area contributed by atoms with Crippen LogP contribution in [0.2, 0.25) is 0 Å². The number of carbonyl (C=O) groups excluding carboxylic acids is 2. The number of hydrogen-bond acceptors (Lipinski definition) is 3. The van der Waals surface area contributed by atoms with Crippen LogP contribution in [0.4, 0.5) is 10.5 Å². The van der Waals surface area contributed by atoms with Gasteiger partial charge in [-0.25, -0.2) is 4.79 Å². The maximum atomic E-state index is 12.1. The summed E-state index contributed by atoms with van der Waals surface area (Å²) in [7, 11) is 0. The molecule has 3 N–H and O–H groups in total. The van der Waals surface area contributed by atoms with Crippen LogP contribution in [-0.4, -0.2) is 29.6 Å². The van der Waals surface area contributed by atoms with Gasteiger partial charge in [-0.15, -0.1) is 0 Å². The first kappa shape index (κ1) is 19.8. The van der Waals surface area contributed by atoms with Gasteiger partial charge in [-0.3, -0.25) is 4.79 Å². The Morgan fingerprint density at radius 2 is 1.75 bits per heavy atom. The van der Waals surface area contributed by atoms with Crippen molar-refractivity contribution in [2.45, 2.75) is 66.2 Å². The van der Waals surface area contributed by atoms with Crippen molar-refractivity contribution in [1.82, 2.24) is 10.6 Å². The molecule has 24 heavy (non-hydrogen) atoms. The molecule has 1 rings (SSSR count). The van der Waals surface area contributed by atoms with Crippen LogP contribution in [0, 0.1) is 6.92 Å². The molecule has 1 aromatic carbocycles. The fraction of sp³-hybridized carbons (Fsp3) is 0.556. The van der Waals surface area contributed by atoms with Crippen molar-refractivity contribution in [2.24, 2.45) is 0 Å². The maximum Gasteiger partial charge on any atom is 0.319 e. The Balaban J connectivity index is 2.63. The quantitative estimate of drug-likeness (QED) is 0.773. The number of aryl methyl sites for hydroxylation is 1. The molecule has 6 nitrogen and oxygen atoms in total. The zero-order valence-electron chi connectivity index (χ0n) is 15.6. The predicted molar refractivity (Wildman–Crippen MR) is 96.5 cm³/mol. The summed E-state index contributed by atoms with van der Waals surface area (Å²) in [6.07, 6.45) is 0.0914. The van der Waals surface area contributed by atoms with E-state index in [0.717, 1.165) is 11.3 Å². The minimum Gasteiger partial charge on any atom is -0.491 e. The molecular formula is C18H29N3O3. The second-order valence-corrected chi connectivity index (χ2v) is 7.20. The summed E-state index contributed by atoms with van der Waals surface area (Å²) >= 11 is 0. The van der Waals surface area contributed by atoms with Crippen LogP contribution in [-0.2, 0) is 4.79 Å². The summed E-state index contributed by atoms with van der Waals surface area (Å²) < 4.78 is 5.62. The van der Waals surface area contributed by atoms with Crippen molar-refractivity contribution < 1.29 is 14.3 Å². The van der Waals surface area contributed by atoms with Gasteiger partial charge in [0.2, 0.25) is 5.91 Å². The summed E-state index contributed by atoms with van der Waals surface area (Å²) in [5, 5.41) is 8.21. The number of amides is 3. The fourth-order valence-electron chi connectivity index (χ4n) is 2.02. The molecule has 1 atom stereocenters. The summed E-state index contributed by atoms with van der Waals surface area (Å²) in [6, 6.07) is 4.40. The van der Waals surface area contributed by atoms with Gasteiger partial charge in [-0.2, -0.15) is 0 Å². The highest BCUT2D eigenvalue weighted by atomic mass is 16.5. The third-order valence-electron chi connectivity index (χ3n) is 3.06. The zero-order valence-corrected chi connectivity index (χ0v) is 15.6. The number of nitrogens with one attached hydrogen (secondary N) is 3. The first-order valence-electron chi connectivity index (χ1n) is 8.15. The van der Waals surface area contributed by atoms with Gasteiger partial charge < -0.3 is 20.7 Å². The van der Waals surface area contributed by atoms with Crippen molar-refractivity contribution in [3.8, 4) is 5.75 Å². The van der Waals surface area contributed by atoms with Crippen molar-refractivity contribution in [3.63, 3.8) is 0 Å². The van der Waals surface area contributed by atoms with Gasteiger partial charge in [0.25, 0.3) is 0 Å². The highest BCUT2D eigenvalue weighted by Gasteiger charge is 2.20. The zero-order chi connectivity index (χ0) is 18.5. The third-order valence-corrected chi connectivity index (χ3v) is 3.06. The van der Waals surface area contributed by atoms with E-state index in [2.05, 4.69) is 16.0 Å². The lowest BCUT2D eigenvalue weighted by atomic mass is 10.1. The van der Waals surface area contributed by atoms with E-state index in [9.17, 15) is 9.59 Å². The molecule has 0 bridgehead atoms. The number of rotatable bonds is 5. The lowest BCUT2D eigenvalue weighted by Crippen LogP contribution is -2.51. The molecule has 0 aliphatic rings. The minimum atomic E-state index is -0.631. The average molecular weight is 335 g/mol. The van der Waals surface area contributed by atoms with Gasteiger partial charge >= 0.3 is 6.03 Å². The summed E-state index contributed by atoms with van der Waals surface area (Å²) in [5.74, 6) is 0.529. The van der Waals surface area contributed by atoms with Crippen LogP contribution < -0.4 is 20.7 Å². The SMILES string of the molecule is Cc1cc(OC(C)C)ccc1NC(=O)NC(C)C(=O)NC(C)(C)C. The molecular weight excluding hydrogens is 306 g/mol. The number of carbonyl (C=O) groups is 2. The van der Waals surface area contributed by atoms with Gasteiger partial charge in [-0.1, -0.05) is 0 Å². The molecule has 134 valence electrons. The normalized spacial score (nSPS) is 12.5. The van der Waals surface area contributed by atoms with Crippen LogP contribution in [0.1, 0.15) is 47.1 Å². The van der Waals surface area contributed by atoms with Crippen LogP contribution in [0.3, 0.4) is 0 Å². The van der Waals surface area contributed by atoms with Gasteiger partial charge in [0.05, 0.1) is 6.10 Å². The second kappa shape index (κ2) is 8.04. The fourth-order valence-corrected chi connectivity index (χ4v) is 2.02. The molecule has 3 amide bonds. The minimum absolute atomic E-state index is 0.0914. The Hall–Kier alpha value is -2.24. The molecule has 0 aromatic heterocycles. The first-order chi connectivity index (χ1) is 11.0. The molecule has 1 unspecified atom stereocenters. The lowest BCUT2D eigenvalue weighted by molar-refractivity contribution is -0.123. The summed E-state index contributed by atoms with van der Waals surface area (Å²) in [4.78, 5) is 24.1. The van der Waals surface area contributed by atoms with E-state index in [0.29, 0.717) is 5.69 Å². The monoisotopic (exact) mass is 335 g/mol.